The van der Waals surface area contributed by atoms with Crippen molar-refractivity contribution in [2.45, 2.75) is 13.0 Å². The van der Waals surface area contributed by atoms with Crippen molar-refractivity contribution in [2.24, 2.45) is 0 Å². The fourth-order valence-corrected chi connectivity index (χ4v) is 2.05. The predicted octanol–water partition coefficient (Wildman–Crippen LogP) is 2.02. The van der Waals surface area contributed by atoms with Crippen molar-refractivity contribution in [3.63, 3.8) is 0 Å². The standard InChI is InChI=1S/C17H17ClN2O3/c18-14-5-1-13(2-6-14)11-20-17(23)16(22)19-10-9-12-3-7-15(21)8-4-12/h1-8,21H,9-11H2,(H,19,22)(H,20,23). The topological polar surface area (TPSA) is 78.4 Å². The van der Waals surface area contributed by atoms with Gasteiger partial charge in [0.05, 0.1) is 0 Å². The molecule has 0 spiro atoms. The van der Waals surface area contributed by atoms with Crippen LogP contribution in [0.5, 0.6) is 5.75 Å². The summed E-state index contributed by atoms with van der Waals surface area (Å²) >= 11 is 5.78. The molecule has 0 fully saturated rings. The minimum absolute atomic E-state index is 0.194. The molecule has 0 unspecified atom stereocenters. The maximum Gasteiger partial charge on any atom is 0.309 e. The number of amides is 2. The zero-order valence-corrected chi connectivity index (χ0v) is 13.1. The summed E-state index contributed by atoms with van der Waals surface area (Å²) < 4.78 is 0. The molecule has 23 heavy (non-hydrogen) atoms. The summed E-state index contributed by atoms with van der Waals surface area (Å²) in [6.07, 6.45) is 0.580. The molecule has 0 aromatic heterocycles. The number of benzene rings is 2. The molecule has 2 rings (SSSR count). The lowest BCUT2D eigenvalue weighted by Crippen LogP contribution is -2.40. The normalized spacial score (nSPS) is 10.1. The first-order valence-corrected chi connectivity index (χ1v) is 7.51. The van der Waals surface area contributed by atoms with Crippen LogP contribution in [0.3, 0.4) is 0 Å². The number of halogens is 1. The third kappa shape index (κ3) is 5.64. The molecule has 0 aliphatic carbocycles. The van der Waals surface area contributed by atoms with Gasteiger partial charge in [0, 0.05) is 18.1 Å². The maximum atomic E-state index is 11.7. The lowest BCUT2D eigenvalue weighted by molar-refractivity contribution is -0.139. The summed E-state index contributed by atoms with van der Waals surface area (Å²) in [5, 5.41) is 14.9. The Kier molecular flexibility index (Phi) is 6.00. The lowest BCUT2D eigenvalue weighted by Gasteiger charge is -2.07. The van der Waals surface area contributed by atoms with Gasteiger partial charge >= 0.3 is 11.8 Å². The van der Waals surface area contributed by atoms with Gasteiger partial charge in [-0.1, -0.05) is 35.9 Å². The van der Waals surface area contributed by atoms with E-state index in [0.717, 1.165) is 11.1 Å². The van der Waals surface area contributed by atoms with Crippen LogP contribution in [0.1, 0.15) is 11.1 Å². The molecule has 120 valence electrons. The molecule has 0 saturated carbocycles. The Morgan fingerprint density at radius 1 is 0.870 bits per heavy atom. The van der Waals surface area contributed by atoms with Crippen LogP contribution in [-0.2, 0) is 22.6 Å². The zero-order chi connectivity index (χ0) is 16.7. The Hall–Kier alpha value is -2.53. The average Bonchev–Trinajstić information content (AvgIpc) is 2.55. The van der Waals surface area contributed by atoms with E-state index < -0.39 is 11.8 Å². The van der Waals surface area contributed by atoms with Crippen molar-refractivity contribution < 1.29 is 14.7 Å². The molecule has 2 aromatic carbocycles. The fourth-order valence-electron chi connectivity index (χ4n) is 1.93. The summed E-state index contributed by atoms with van der Waals surface area (Å²) in [6, 6.07) is 13.7. The van der Waals surface area contributed by atoms with E-state index in [1.165, 1.54) is 0 Å². The Bertz CT molecular complexity index is 669. The SMILES string of the molecule is O=C(NCCc1ccc(O)cc1)C(=O)NCc1ccc(Cl)cc1. The summed E-state index contributed by atoms with van der Waals surface area (Å²) in [6.45, 7) is 0.610. The Balaban J connectivity index is 1.71. The number of aromatic hydroxyl groups is 1. The Morgan fingerprint density at radius 2 is 1.43 bits per heavy atom. The molecule has 0 aliphatic heterocycles. The molecule has 0 bridgehead atoms. The van der Waals surface area contributed by atoms with Gasteiger partial charge in [0.15, 0.2) is 0 Å². The van der Waals surface area contributed by atoms with E-state index in [1.54, 1.807) is 48.5 Å². The highest BCUT2D eigenvalue weighted by Crippen LogP contribution is 2.10. The van der Waals surface area contributed by atoms with Crippen LogP contribution in [0.25, 0.3) is 0 Å². The first-order valence-electron chi connectivity index (χ1n) is 7.13. The van der Waals surface area contributed by atoms with Crippen LogP contribution in [0, 0.1) is 0 Å². The van der Waals surface area contributed by atoms with Crippen molar-refractivity contribution >= 4 is 23.4 Å². The predicted molar refractivity (Wildman–Crippen MR) is 88.1 cm³/mol. The molecule has 0 radical (unpaired) electrons. The van der Waals surface area contributed by atoms with Gasteiger partial charge in [0.1, 0.15) is 5.75 Å². The van der Waals surface area contributed by atoms with Gasteiger partial charge in [-0.25, -0.2) is 0 Å². The van der Waals surface area contributed by atoms with Gasteiger partial charge in [-0.3, -0.25) is 9.59 Å². The smallest absolute Gasteiger partial charge is 0.309 e. The van der Waals surface area contributed by atoms with Gasteiger partial charge in [-0.05, 0) is 41.8 Å². The number of rotatable bonds is 5. The van der Waals surface area contributed by atoms with E-state index in [4.69, 9.17) is 11.6 Å². The van der Waals surface area contributed by atoms with Crippen molar-refractivity contribution in [1.82, 2.24) is 10.6 Å². The highest BCUT2D eigenvalue weighted by molar-refractivity contribution is 6.35. The molecule has 3 N–H and O–H groups in total. The van der Waals surface area contributed by atoms with Gasteiger partial charge in [-0.15, -0.1) is 0 Å². The van der Waals surface area contributed by atoms with Gasteiger partial charge in [0.2, 0.25) is 0 Å². The number of phenols is 1. The minimum Gasteiger partial charge on any atom is -0.508 e. The molecule has 0 atom stereocenters. The molecule has 0 heterocycles. The van der Waals surface area contributed by atoms with Gasteiger partial charge < -0.3 is 15.7 Å². The van der Waals surface area contributed by atoms with Crippen molar-refractivity contribution in [3.8, 4) is 5.75 Å². The zero-order valence-electron chi connectivity index (χ0n) is 12.4. The second-order valence-electron chi connectivity index (χ2n) is 4.98. The molecule has 6 heteroatoms. The van der Waals surface area contributed by atoms with Crippen molar-refractivity contribution in [2.75, 3.05) is 6.54 Å². The van der Waals surface area contributed by atoms with Crippen LogP contribution in [0.4, 0.5) is 0 Å². The number of hydrogen-bond donors (Lipinski definition) is 3. The van der Waals surface area contributed by atoms with E-state index in [0.29, 0.717) is 18.0 Å². The second kappa shape index (κ2) is 8.19. The number of carbonyl (C=O) groups excluding carboxylic acids is 2. The van der Waals surface area contributed by atoms with E-state index in [9.17, 15) is 14.7 Å². The number of nitrogens with one attached hydrogen (secondary N) is 2. The van der Waals surface area contributed by atoms with E-state index in [-0.39, 0.29) is 12.3 Å². The summed E-state index contributed by atoms with van der Waals surface area (Å²) in [5.74, 6) is -1.15. The largest absolute Gasteiger partial charge is 0.508 e. The van der Waals surface area contributed by atoms with Crippen LogP contribution < -0.4 is 10.6 Å². The molecular weight excluding hydrogens is 316 g/mol. The molecule has 5 nitrogen and oxygen atoms in total. The third-order valence-electron chi connectivity index (χ3n) is 3.21. The first-order chi connectivity index (χ1) is 11.0. The van der Waals surface area contributed by atoms with E-state index in [2.05, 4.69) is 10.6 Å². The van der Waals surface area contributed by atoms with Crippen LogP contribution in [0.15, 0.2) is 48.5 Å². The molecule has 2 amide bonds. The van der Waals surface area contributed by atoms with Crippen LogP contribution >= 0.6 is 11.6 Å². The van der Waals surface area contributed by atoms with E-state index in [1.807, 2.05) is 0 Å². The average molecular weight is 333 g/mol. The second-order valence-corrected chi connectivity index (χ2v) is 5.42. The number of phenolic OH excluding ortho intramolecular Hbond substituents is 1. The molecule has 0 saturated heterocycles. The molecular formula is C17H17ClN2O3. The third-order valence-corrected chi connectivity index (χ3v) is 3.46. The number of carbonyl (C=O) groups is 2. The monoisotopic (exact) mass is 332 g/mol. The number of hydrogen-bond acceptors (Lipinski definition) is 3. The van der Waals surface area contributed by atoms with Crippen molar-refractivity contribution in [1.29, 1.82) is 0 Å². The minimum atomic E-state index is -0.675. The Labute approximate surface area is 139 Å². The fraction of sp³-hybridized carbons (Fsp3) is 0.176. The van der Waals surface area contributed by atoms with E-state index >= 15 is 0 Å². The van der Waals surface area contributed by atoms with Gasteiger partial charge in [-0.2, -0.15) is 0 Å². The van der Waals surface area contributed by atoms with Crippen LogP contribution in [0.2, 0.25) is 5.02 Å². The maximum absolute atomic E-state index is 11.7. The quantitative estimate of drug-likeness (QED) is 0.733. The summed E-state index contributed by atoms with van der Waals surface area (Å²) in [7, 11) is 0. The molecule has 0 aliphatic rings. The molecule has 2 aromatic rings. The first kappa shape index (κ1) is 16.8. The highest BCUT2D eigenvalue weighted by atomic mass is 35.5. The van der Waals surface area contributed by atoms with Crippen LogP contribution in [-0.4, -0.2) is 23.5 Å². The lowest BCUT2D eigenvalue weighted by atomic mass is 10.1. The Morgan fingerprint density at radius 3 is 2.09 bits per heavy atom. The van der Waals surface area contributed by atoms with Gasteiger partial charge in [0.25, 0.3) is 0 Å². The highest BCUT2D eigenvalue weighted by Gasteiger charge is 2.12. The summed E-state index contributed by atoms with van der Waals surface area (Å²) in [5.41, 5.74) is 1.82. The van der Waals surface area contributed by atoms with Crippen molar-refractivity contribution in [3.05, 3.63) is 64.7 Å². The summed E-state index contributed by atoms with van der Waals surface area (Å²) in [4.78, 5) is 23.4.